The number of allylic oxidation sites excluding steroid dienone is 2. The van der Waals surface area contributed by atoms with E-state index in [1.807, 2.05) is 121 Å². The van der Waals surface area contributed by atoms with Crippen LogP contribution in [0.3, 0.4) is 0 Å². The molecule has 0 aliphatic heterocycles. The van der Waals surface area contributed by atoms with Crippen molar-refractivity contribution < 1.29 is 196 Å². The fraction of sp³-hybridized carbons (Fsp3) is 0.198. The molecule has 0 N–H and O–H groups in total. The number of benzene rings is 10. The molecule has 0 fully saturated rings. The summed E-state index contributed by atoms with van der Waals surface area (Å²) in [6, 6.07) is 58.8. The molecule has 0 unspecified atom stereocenters. The van der Waals surface area contributed by atoms with Gasteiger partial charge in [-0.05, 0) is 150 Å². The zero-order valence-electron chi connectivity index (χ0n) is 74.2. The second-order valence-electron chi connectivity index (χ2n) is 28.1. The molecule has 43 heteroatoms. The third-order valence-electron chi connectivity index (χ3n) is 18.8. The van der Waals surface area contributed by atoms with E-state index in [-0.39, 0.29) is 224 Å². The van der Waals surface area contributed by atoms with Gasteiger partial charge in [-0.3, -0.25) is 0 Å². The summed E-state index contributed by atoms with van der Waals surface area (Å²) in [6.45, 7) is 21.8. The Balaban J connectivity index is 0.000000255. The van der Waals surface area contributed by atoms with Crippen LogP contribution in [0.1, 0.15) is 91.7 Å². The fourth-order valence-corrected chi connectivity index (χ4v) is 13.8. The second-order valence-corrected chi connectivity index (χ2v) is 31.2. The SMILES string of the molecule is C#Cc1cccc(-n2nnn(C)c2=O)c1COc1cc(C)[c-]cc1Cl.C/C=C/c1cccc(-n2nnn(C)c2=O)c1COc1cc(C)[c-]cc1Cl.C=C(C)c1cccc(-n2nnn(C)c2=O)c1COc1cc(C)[c-]cc1Cl.C=Cc1cccc(-n2nnn(C)c2=O)c1COc1cc(C)[c-]cc1Cl.Cc1[c-]cc(Cl)c(OCc2c(SC(F)F)cccc2-n2nnn(C)c2=O)c1.[Y].[Y].[Y].[Y].[Y]. The summed E-state index contributed by atoms with van der Waals surface area (Å²) in [7, 11) is 7.62. The van der Waals surface area contributed by atoms with Crippen LogP contribution in [-0.2, 0) is 232 Å². The minimum absolute atomic E-state index is 0. The van der Waals surface area contributed by atoms with Crippen molar-refractivity contribution in [1.82, 2.24) is 99.0 Å². The molecule has 679 valence electrons. The molecule has 0 aliphatic rings. The summed E-state index contributed by atoms with van der Waals surface area (Å²) >= 11 is 31.2. The Morgan fingerprint density at radius 2 is 0.687 bits per heavy atom. The molecule has 0 saturated carbocycles. The van der Waals surface area contributed by atoms with Gasteiger partial charge in [0.2, 0.25) is 0 Å². The summed E-state index contributed by atoms with van der Waals surface area (Å²) in [6.07, 6.45) is 11.2. The van der Waals surface area contributed by atoms with Gasteiger partial charge < -0.3 is 23.7 Å². The first-order valence-electron chi connectivity index (χ1n) is 38.7. The van der Waals surface area contributed by atoms with Crippen molar-refractivity contribution in [3.8, 4) is 69.5 Å². The van der Waals surface area contributed by atoms with Crippen LogP contribution in [0.25, 0.3) is 46.2 Å². The first-order chi connectivity index (χ1) is 61.8. The van der Waals surface area contributed by atoms with Crippen LogP contribution in [0.4, 0.5) is 8.78 Å². The summed E-state index contributed by atoms with van der Waals surface area (Å²) in [5.41, 5.74) is 12.7. The van der Waals surface area contributed by atoms with Gasteiger partial charge in [0.05, 0.1) is 28.4 Å². The first-order valence-corrected chi connectivity index (χ1v) is 41.5. The Labute approximate surface area is 924 Å². The number of rotatable bonds is 25. The largest absolute Gasteiger partial charge is 0.513 e. The Kier molecular flexibility index (Phi) is 46.1. The number of aryl methyl sites for hydroxylation is 10. The van der Waals surface area contributed by atoms with Crippen LogP contribution in [0.15, 0.2) is 200 Å². The summed E-state index contributed by atoms with van der Waals surface area (Å²) in [5.74, 6) is 2.55. The molecule has 15 rings (SSSR count). The number of alkyl halides is 2. The number of ether oxygens (including phenoxy) is 5. The maximum absolute atomic E-state index is 13.0. The monoisotopic (exact) mass is 2300 g/mol. The average molecular weight is 2310 g/mol. The molecule has 15 aromatic rings. The molecular weight excluding hydrogens is 2220 g/mol. The van der Waals surface area contributed by atoms with Gasteiger partial charge in [0.25, 0.3) is 5.76 Å². The predicted molar refractivity (Wildman–Crippen MR) is 489 cm³/mol. The molecule has 5 aromatic heterocycles. The molecule has 0 aliphatic carbocycles. The minimum atomic E-state index is -2.63. The van der Waals surface area contributed by atoms with Crippen molar-refractivity contribution in [1.29, 1.82) is 0 Å². The number of terminal acetylenes is 1. The molecule has 5 radical (unpaired) electrons. The van der Waals surface area contributed by atoms with Gasteiger partial charge >= 0.3 is 28.4 Å². The van der Waals surface area contributed by atoms with Gasteiger partial charge in [-0.15, -0.1) is 36.8 Å². The second kappa shape index (κ2) is 54.0. The minimum Gasteiger partial charge on any atom is -0.513 e. The number of tetrazole rings is 5. The van der Waals surface area contributed by atoms with E-state index in [1.165, 1.54) is 52.9 Å². The fourth-order valence-electron chi connectivity index (χ4n) is 12.3. The smallest absolute Gasteiger partial charge is 0.368 e. The molecule has 0 saturated heterocycles. The topological polar surface area (TPSA) is 310 Å². The van der Waals surface area contributed by atoms with E-state index in [0.717, 1.165) is 80.8 Å². The third kappa shape index (κ3) is 29.3. The molecule has 10 aromatic carbocycles. The van der Waals surface area contributed by atoms with E-state index >= 15 is 0 Å². The van der Waals surface area contributed by atoms with Gasteiger partial charge in [-0.1, -0.05) is 138 Å². The molecule has 30 nitrogen and oxygen atoms in total. The molecule has 0 atom stereocenters. The molecule has 0 amide bonds. The van der Waals surface area contributed by atoms with Gasteiger partial charge in [-0.25, -0.2) is 24.0 Å². The van der Waals surface area contributed by atoms with Crippen LogP contribution >= 0.6 is 69.8 Å². The molecule has 0 spiro atoms. The van der Waals surface area contributed by atoms with Crippen LogP contribution in [-0.4, -0.2) is 105 Å². The Morgan fingerprint density at radius 3 is 0.985 bits per heavy atom. The van der Waals surface area contributed by atoms with Crippen molar-refractivity contribution >= 4 is 87.5 Å². The van der Waals surface area contributed by atoms with E-state index in [0.29, 0.717) is 111 Å². The molecular formula is C91H80Cl5F2N20O10SY5-5. The maximum atomic E-state index is 13.0. The van der Waals surface area contributed by atoms with Crippen molar-refractivity contribution in [3.05, 3.63) is 357 Å². The van der Waals surface area contributed by atoms with Crippen molar-refractivity contribution in [2.75, 3.05) is 0 Å². The van der Waals surface area contributed by atoms with Crippen molar-refractivity contribution in [2.24, 2.45) is 35.2 Å². The van der Waals surface area contributed by atoms with Gasteiger partial charge in [0.15, 0.2) is 0 Å². The van der Waals surface area contributed by atoms with Crippen molar-refractivity contribution in [2.45, 2.75) is 92.2 Å². The quantitative estimate of drug-likeness (QED) is 0.0291. The Bertz CT molecular complexity index is 7050. The number of thioether (sulfide) groups is 1. The zero-order valence-corrected chi connectivity index (χ0v) is 93.0. The number of halogens is 7. The van der Waals surface area contributed by atoms with Crippen LogP contribution < -0.4 is 52.1 Å². The van der Waals surface area contributed by atoms with Crippen LogP contribution in [0, 0.1) is 77.3 Å². The number of aromatic nitrogens is 20. The summed E-state index contributed by atoms with van der Waals surface area (Å²) < 4.78 is 67.0. The van der Waals surface area contributed by atoms with E-state index in [2.05, 4.69) is 102 Å². The Hall–Kier alpha value is -8.49. The summed E-state index contributed by atoms with van der Waals surface area (Å²) in [4.78, 5) is 61.4. The molecule has 134 heavy (non-hydrogen) atoms. The first kappa shape index (κ1) is 114. The maximum Gasteiger partial charge on any atom is 0.368 e. The van der Waals surface area contributed by atoms with Crippen molar-refractivity contribution in [3.63, 3.8) is 0 Å². The van der Waals surface area contributed by atoms with Gasteiger partial charge in [0.1, 0.15) is 33.0 Å². The van der Waals surface area contributed by atoms with Crippen LogP contribution in [0.2, 0.25) is 25.1 Å². The van der Waals surface area contributed by atoms with E-state index in [9.17, 15) is 32.8 Å². The van der Waals surface area contributed by atoms with Gasteiger partial charge in [0, 0.05) is 266 Å². The van der Waals surface area contributed by atoms with Gasteiger partial charge in [-0.2, -0.15) is 202 Å². The zero-order chi connectivity index (χ0) is 93.0. The number of hydrogen-bond acceptors (Lipinski definition) is 21. The molecule has 0 bridgehead atoms. The Morgan fingerprint density at radius 1 is 0.418 bits per heavy atom. The average Bonchev–Trinajstić information content (AvgIpc) is 1.61. The van der Waals surface area contributed by atoms with Crippen LogP contribution in [0.5, 0.6) is 28.7 Å². The van der Waals surface area contributed by atoms with E-state index in [4.69, 9.17) is 88.1 Å². The molecule has 5 heterocycles. The van der Waals surface area contributed by atoms with E-state index < -0.39 is 11.4 Å². The van der Waals surface area contributed by atoms with E-state index in [1.54, 1.807) is 112 Å². The number of hydrogen-bond donors (Lipinski definition) is 0. The predicted octanol–water partition coefficient (Wildman–Crippen LogP) is 15.5. The number of nitrogens with zero attached hydrogens (tertiary/aromatic N) is 20. The normalized spacial score (nSPS) is 10.5. The third-order valence-corrected chi connectivity index (χ3v) is 21.1. The summed E-state index contributed by atoms with van der Waals surface area (Å²) in [5, 5.41) is 40.4. The standard InChI is InChI=1S/2C19H18ClN4O2.C18H16ClN4O2.C18H14ClN4O2.C17H14ClF2N4O2S.5Y/c1-12(2)14-6-5-7-17(24-19(25)23(4)21-22-24)15(14)11-26-18-10-13(3)8-9-16(18)20;1-4-6-14-7-5-8-17(24-19(25)23(3)21-22-24)15(14)12-26-18-11-13(2)9-10-16(18)20;2*1-4-13-6-5-7-16(23-18(24)22(3)20-21-23)14(13)11-25-17-10-12(2)8-9-15(17)19;1-10-6-7-12(18)14(8-10)26-9-11-13(24-17(25)23(2)21-22-24)4-3-5-15(11)27-16(19)20;;;;;/h5-7,9-10H,1,11H2,2-4H3;4-8,10-11H,12H2,1-3H3;4-7,9-10H,1,11H2,2-3H3;1,5-7,9-10H,11H2,2-3H3;3-5,7-8,16H,9H2,1-2H3;;;;;/q5*-1;;;;;/b;6-4+;;;;;;;;.